The third kappa shape index (κ3) is 3.24. The summed E-state index contributed by atoms with van der Waals surface area (Å²) in [6.45, 7) is 2.44. The minimum Gasteiger partial charge on any atom is -0.461 e. The van der Waals surface area contributed by atoms with Crippen LogP contribution in [-0.2, 0) is 19.5 Å². The zero-order chi connectivity index (χ0) is 18.1. The van der Waals surface area contributed by atoms with E-state index in [2.05, 4.69) is 20.0 Å². The number of aromatic nitrogens is 4. The summed E-state index contributed by atoms with van der Waals surface area (Å²) in [5.74, 6) is 2.09. The predicted molar refractivity (Wildman–Crippen MR) is 97.3 cm³/mol. The standard InChI is InChI=1S/C20H17N5O2/c1-2-18(26-9-1)19-10-16(24-27-19)13-25-8-5-17-15(12-25)11-22-20(23-17)14-3-6-21-7-4-14/h1-4,6-7,9-11H,5,8,12-13H2. The minimum absolute atomic E-state index is 0.651. The smallest absolute Gasteiger partial charge is 0.202 e. The first-order valence-corrected chi connectivity index (χ1v) is 8.82. The van der Waals surface area contributed by atoms with Crippen molar-refractivity contribution in [2.45, 2.75) is 19.5 Å². The molecule has 7 heteroatoms. The highest BCUT2D eigenvalue weighted by Gasteiger charge is 2.20. The van der Waals surface area contributed by atoms with E-state index in [9.17, 15) is 0 Å². The molecule has 5 rings (SSSR count). The number of furan rings is 1. The first-order chi connectivity index (χ1) is 13.3. The van der Waals surface area contributed by atoms with Gasteiger partial charge in [0, 0.05) is 61.8 Å². The molecule has 0 saturated carbocycles. The zero-order valence-corrected chi connectivity index (χ0v) is 14.6. The molecule has 0 aromatic carbocycles. The highest BCUT2D eigenvalue weighted by molar-refractivity contribution is 5.54. The van der Waals surface area contributed by atoms with Crippen molar-refractivity contribution in [3.8, 4) is 22.9 Å². The first-order valence-electron chi connectivity index (χ1n) is 8.82. The molecule has 7 nitrogen and oxygen atoms in total. The lowest BCUT2D eigenvalue weighted by atomic mass is 10.1. The fourth-order valence-corrected chi connectivity index (χ4v) is 3.30. The fraction of sp³-hybridized carbons (Fsp3) is 0.200. The van der Waals surface area contributed by atoms with Crippen LogP contribution in [0.5, 0.6) is 0 Å². The number of nitrogens with zero attached hydrogens (tertiary/aromatic N) is 5. The Kier molecular flexibility index (Phi) is 3.99. The van der Waals surface area contributed by atoms with Crippen molar-refractivity contribution in [2.75, 3.05) is 6.54 Å². The van der Waals surface area contributed by atoms with Gasteiger partial charge in [0.1, 0.15) is 0 Å². The van der Waals surface area contributed by atoms with Crippen LogP contribution in [0.2, 0.25) is 0 Å². The summed E-state index contributed by atoms with van der Waals surface area (Å²) < 4.78 is 10.7. The van der Waals surface area contributed by atoms with Gasteiger partial charge in [-0.25, -0.2) is 9.97 Å². The molecule has 0 spiro atoms. The largest absolute Gasteiger partial charge is 0.461 e. The van der Waals surface area contributed by atoms with Gasteiger partial charge in [0.2, 0.25) is 5.76 Å². The van der Waals surface area contributed by atoms with Crippen LogP contribution in [0.15, 0.2) is 64.1 Å². The Hall–Kier alpha value is -3.32. The van der Waals surface area contributed by atoms with E-state index in [1.54, 1.807) is 18.7 Å². The molecular weight excluding hydrogens is 342 g/mol. The topological polar surface area (TPSA) is 81.1 Å². The average molecular weight is 359 g/mol. The Morgan fingerprint density at radius 3 is 2.89 bits per heavy atom. The SMILES string of the molecule is c1coc(-c2cc(CN3CCc4nc(-c5ccncc5)ncc4C3)no2)c1. The molecule has 0 fully saturated rings. The third-order valence-electron chi connectivity index (χ3n) is 4.66. The molecule has 1 aliphatic heterocycles. The van der Waals surface area contributed by atoms with Gasteiger partial charge < -0.3 is 8.94 Å². The van der Waals surface area contributed by atoms with E-state index in [1.165, 1.54) is 0 Å². The minimum atomic E-state index is 0.651. The maximum atomic E-state index is 5.38. The van der Waals surface area contributed by atoms with Crippen molar-refractivity contribution in [1.29, 1.82) is 0 Å². The van der Waals surface area contributed by atoms with Crippen LogP contribution in [0, 0.1) is 0 Å². The van der Waals surface area contributed by atoms with E-state index in [4.69, 9.17) is 13.9 Å². The van der Waals surface area contributed by atoms with Crippen LogP contribution in [-0.4, -0.2) is 31.6 Å². The summed E-state index contributed by atoms with van der Waals surface area (Å²) in [7, 11) is 0. The summed E-state index contributed by atoms with van der Waals surface area (Å²) >= 11 is 0. The van der Waals surface area contributed by atoms with Gasteiger partial charge in [0.25, 0.3) is 0 Å². The molecule has 5 heterocycles. The van der Waals surface area contributed by atoms with Crippen LogP contribution >= 0.6 is 0 Å². The van der Waals surface area contributed by atoms with Gasteiger partial charge in [0.15, 0.2) is 11.6 Å². The van der Waals surface area contributed by atoms with Crippen molar-refractivity contribution in [3.63, 3.8) is 0 Å². The molecule has 134 valence electrons. The van der Waals surface area contributed by atoms with Crippen molar-refractivity contribution in [1.82, 2.24) is 25.0 Å². The maximum Gasteiger partial charge on any atom is 0.202 e. The van der Waals surface area contributed by atoms with Crippen molar-refractivity contribution < 1.29 is 8.94 Å². The van der Waals surface area contributed by atoms with Crippen molar-refractivity contribution in [2.24, 2.45) is 0 Å². The summed E-state index contributed by atoms with van der Waals surface area (Å²) in [6.07, 6.45) is 7.96. The Balaban J connectivity index is 1.30. The summed E-state index contributed by atoms with van der Waals surface area (Å²) in [5.41, 5.74) is 4.15. The van der Waals surface area contributed by atoms with Gasteiger partial charge in [-0.05, 0) is 24.3 Å². The molecule has 4 aromatic rings. The van der Waals surface area contributed by atoms with Crippen molar-refractivity contribution in [3.05, 3.63) is 72.1 Å². The van der Waals surface area contributed by atoms with Gasteiger partial charge in [-0.2, -0.15) is 0 Å². The molecular formula is C20H17N5O2. The number of rotatable bonds is 4. The molecule has 0 N–H and O–H groups in total. The molecule has 0 unspecified atom stereocenters. The van der Waals surface area contributed by atoms with Gasteiger partial charge in [-0.1, -0.05) is 5.16 Å². The van der Waals surface area contributed by atoms with Crippen molar-refractivity contribution >= 4 is 0 Å². The number of hydrogen-bond donors (Lipinski definition) is 0. The van der Waals surface area contributed by atoms with E-state index >= 15 is 0 Å². The highest BCUT2D eigenvalue weighted by atomic mass is 16.5. The van der Waals surface area contributed by atoms with Gasteiger partial charge >= 0.3 is 0 Å². The van der Waals surface area contributed by atoms with Gasteiger partial charge in [0.05, 0.1) is 17.7 Å². The summed E-state index contributed by atoms with van der Waals surface area (Å²) in [6, 6.07) is 9.48. The Labute approximate surface area is 155 Å². The van der Waals surface area contributed by atoms with E-state index in [0.29, 0.717) is 11.5 Å². The monoisotopic (exact) mass is 359 g/mol. The Bertz CT molecular complexity index is 1040. The number of hydrogen-bond acceptors (Lipinski definition) is 7. The average Bonchev–Trinajstić information content (AvgIpc) is 3.40. The molecule has 0 atom stereocenters. The van der Waals surface area contributed by atoms with Gasteiger partial charge in [-0.15, -0.1) is 0 Å². The molecule has 0 bridgehead atoms. The van der Waals surface area contributed by atoms with Gasteiger partial charge in [-0.3, -0.25) is 9.88 Å². The van der Waals surface area contributed by atoms with E-state index in [0.717, 1.165) is 54.4 Å². The molecule has 27 heavy (non-hydrogen) atoms. The third-order valence-corrected chi connectivity index (χ3v) is 4.66. The normalized spacial score (nSPS) is 14.2. The Morgan fingerprint density at radius 1 is 1.11 bits per heavy atom. The first kappa shape index (κ1) is 15.9. The summed E-state index contributed by atoms with van der Waals surface area (Å²) in [5, 5.41) is 4.16. The van der Waals surface area contributed by atoms with Crippen LogP contribution in [0.25, 0.3) is 22.9 Å². The molecule has 1 aliphatic rings. The van der Waals surface area contributed by atoms with Crippen LogP contribution in [0.1, 0.15) is 17.0 Å². The second-order valence-electron chi connectivity index (χ2n) is 6.52. The number of fused-ring (bicyclic) bond motifs is 1. The predicted octanol–water partition coefficient (Wildman–Crippen LogP) is 3.34. The van der Waals surface area contributed by atoms with Crippen LogP contribution < -0.4 is 0 Å². The lowest BCUT2D eigenvalue weighted by Crippen LogP contribution is -2.31. The Morgan fingerprint density at radius 2 is 2.04 bits per heavy atom. The molecule has 0 saturated heterocycles. The quantitative estimate of drug-likeness (QED) is 0.553. The fourth-order valence-electron chi connectivity index (χ4n) is 3.30. The second-order valence-corrected chi connectivity index (χ2v) is 6.52. The zero-order valence-electron chi connectivity index (χ0n) is 14.6. The summed E-state index contributed by atoms with van der Waals surface area (Å²) in [4.78, 5) is 15.6. The van der Waals surface area contributed by atoms with E-state index < -0.39 is 0 Å². The number of pyridine rings is 1. The van der Waals surface area contributed by atoms with Crippen LogP contribution in [0.3, 0.4) is 0 Å². The molecule has 0 radical (unpaired) electrons. The van der Waals surface area contributed by atoms with Crippen LogP contribution in [0.4, 0.5) is 0 Å². The maximum absolute atomic E-state index is 5.38. The molecule has 4 aromatic heterocycles. The highest BCUT2D eigenvalue weighted by Crippen LogP contribution is 2.24. The lowest BCUT2D eigenvalue weighted by Gasteiger charge is -2.27. The van der Waals surface area contributed by atoms with E-state index in [1.807, 2.05) is 36.5 Å². The lowest BCUT2D eigenvalue weighted by molar-refractivity contribution is 0.235. The molecule has 0 aliphatic carbocycles. The second kappa shape index (κ2) is 6.77. The van der Waals surface area contributed by atoms with E-state index in [-0.39, 0.29) is 0 Å². The molecule has 0 amide bonds.